The van der Waals surface area contributed by atoms with Gasteiger partial charge in [-0.3, -0.25) is 0 Å². The highest BCUT2D eigenvalue weighted by atomic mass is 16.7. The molecule has 0 aromatic heterocycles. The van der Waals surface area contributed by atoms with Crippen molar-refractivity contribution in [2.75, 3.05) is 13.2 Å². The minimum atomic E-state index is -1.64. The van der Waals surface area contributed by atoms with Crippen LogP contribution in [0.25, 0.3) is 0 Å². The van der Waals surface area contributed by atoms with Gasteiger partial charge >= 0.3 is 11.9 Å². The maximum atomic E-state index is 14.1. The molecular weight excluding hydrogens is 901 g/mol. The van der Waals surface area contributed by atoms with E-state index < -0.39 is 90.1 Å². The molecule has 0 aromatic carbocycles. The van der Waals surface area contributed by atoms with E-state index in [0.29, 0.717) is 36.0 Å². The molecule has 5 aliphatic carbocycles. The smallest absolute Gasteiger partial charge is 0.336 e. The second-order valence-electron chi connectivity index (χ2n) is 25.7. The predicted octanol–water partition coefficient (Wildman–Crippen LogP) is 9.39. The molecule has 0 aromatic rings. The van der Waals surface area contributed by atoms with E-state index in [-0.39, 0.29) is 59.0 Å². The number of allylic oxidation sites excluding steroid dienone is 4. The van der Waals surface area contributed by atoms with E-state index in [2.05, 4.69) is 81.5 Å². The second-order valence-corrected chi connectivity index (χ2v) is 25.7. The molecule has 17 atom stereocenters. The molecule has 6 N–H and O–H groups in total. The van der Waals surface area contributed by atoms with Gasteiger partial charge in [0.05, 0.1) is 47.8 Å². The van der Waals surface area contributed by atoms with Crippen molar-refractivity contribution in [3.8, 4) is 0 Å². The fraction of sp³-hybridized carbons (Fsp3) is 0.797. The summed E-state index contributed by atoms with van der Waals surface area (Å²) >= 11 is 0. The Morgan fingerprint density at radius 2 is 1.45 bits per heavy atom. The molecule has 0 radical (unpaired) electrons. The first kappa shape index (κ1) is 57.6. The molecule has 12 heteroatoms. The van der Waals surface area contributed by atoms with Gasteiger partial charge in [0, 0.05) is 10.8 Å². The van der Waals surface area contributed by atoms with Gasteiger partial charge in [-0.15, -0.1) is 13.2 Å². The first-order chi connectivity index (χ1) is 33.0. The average molecular weight is 995 g/mol. The van der Waals surface area contributed by atoms with Crippen molar-refractivity contribution in [3.63, 3.8) is 0 Å². The van der Waals surface area contributed by atoms with Crippen molar-refractivity contribution in [1.82, 2.24) is 0 Å². The summed E-state index contributed by atoms with van der Waals surface area (Å²) in [6.45, 7) is 33.0. The second kappa shape index (κ2) is 21.2. The topological polar surface area (TPSA) is 192 Å². The van der Waals surface area contributed by atoms with Crippen molar-refractivity contribution >= 4 is 11.9 Å². The van der Waals surface area contributed by atoms with E-state index >= 15 is 0 Å². The van der Waals surface area contributed by atoms with Crippen LogP contribution in [0.2, 0.25) is 0 Å². The fourth-order valence-electron chi connectivity index (χ4n) is 15.5. The number of aliphatic hydroxyl groups excluding tert-OH is 5. The van der Waals surface area contributed by atoms with Crippen LogP contribution in [0.3, 0.4) is 0 Å². The summed E-state index contributed by atoms with van der Waals surface area (Å²) in [6, 6.07) is 0. The van der Waals surface area contributed by atoms with Crippen LogP contribution >= 0.6 is 0 Å². The lowest BCUT2D eigenvalue weighted by Crippen LogP contribution is -2.67. The van der Waals surface area contributed by atoms with Gasteiger partial charge < -0.3 is 49.6 Å². The Morgan fingerprint density at radius 3 is 2.04 bits per heavy atom. The maximum Gasteiger partial charge on any atom is 0.336 e. The van der Waals surface area contributed by atoms with Gasteiger partial charge in [0.1, 0.15) is 18.3 Å². The number of aliphatic hydroxyl groups is 6. The van der Waals surface area contributed by atoms with Crippen LogP contribution in [0, 0.1) is 56.2 Å². The van der Waals surface area contributed by atoms with Gasteiger partial charge in [0.2, 0.25) is 0 Å². The van der Waals surface area contributed by atoms with Gasteiger partial charge in [-0.2, -0.15) is 0 Å². The number of fused-ring (bicyclic) bond motifs is 7. The Balaban J connectivity index is 1.12. The van der Waals surface area contributed by atoms with Crippen LogP contribution in [0.5, 0.6) is 0 Å². The zero-order chi connectivity index (χ0) is 52.9. The van der Waals surface area contributed by atoms with Crippen LogP contribution in [0.15, 0.2) is 60.3 Å². The molecule has 0 bridgehead atoms. The highest BCUT2D eigenvalue weighted by molar-refractivity contribution is 5.89. The Hall–Kier alpha value is -2.68. The van der Waals surface area contributed by atoms with Gasteiger partial charge in [-0.25, -0.2) is 9.59 Å². The van der Waals surface area contributed by atoms with E-state index in [0.717, 1.165) is 25.7 Å². The first-order valence-corrected chi connectivity index (χ1v) is 27.1. The summed E-state index contributed by atoms with van der Waals surface area (Å²) in [5.41, 5.74) is -1.14. The predicted molar refractivity (Wildman–Crippen MR) is 275 cm³/mol. The first-order valence-electron chi connectivity index (χ1n) is 27.1. The lowest BCUT2D eigenvalue weighted by atomic mass is 9.32. The molecule has 1 saturated heterocycles. The van der Waals surface area contributed by atoms with Crippen LogP contribution in [-0.4, -0.2) is 110 Å². The quantitative estimate of drug-likeness (QED) is 0.0434. The number of esters is 2. The third-order valence-electron chi connectivity index (χ3n) is 20.8. The average Bonchev–Trinajstić information content (AvgIpc) is 3.29. The zero-order valence-corrected chi connectivity index (χ0v) is 45.6. The Kier molecular flexibility index (Phi) is 17.2. The molecule has 6 aliphatic rings. The molecular formula is C59H94O12. The number of carbonyl (C=O) groups is 2. The zero-order valence-electron chi connectivity index (χ0n) is 45.6. The minimum Gasteiger partial charge on any atom is -0.458 e. The summed E-state index contributed by atoms with van der Waals surface area (Å²) < 4.78 is 24.2. The number of hydrogen-bond donors (Lipinski definition) is 6. The number of ether oxygens (including phenoxy) is 4. The van der Waals surface area contributed by atoms with Crippen molar-refractivity contribution in [2.24, 2.45) is 56.2 Å². The fourth-order valence-corrected chi connectivity index (χ4v) is 15.5. The molecule has 16 unspecified atom stereocenters. The number of hydrogen-bond acceptors (Lipinski definition) is 12. The summed E-state index contributed by atoms with van der Waals surface area (Å²) in [4.78, 5) is 27.1. The maximum absolute atomic E-state index is 14.1. The van der Waals surface area contributed by atoms with Gasteiger partial charge in [0.25, 0.3) is 0 Å². The van der Waals surface area contributed by atoms with Crippen molar-refractivity contribution in [2.45, 2.75) is 227 Å². The van der Waals surface area contributed by atoms with Crippen LogP contribution in [0.1, 0.15) is 173 Å². The van der Waals surface area contributed by atoms with Crippen molar-refractivity contribution in [1.29, 1.82) is 0 Å². The molecule has 1 heterocycles. The summed E-state index contributed by atoms with van der Waals surface area (Å²) in [5, 5.41) is 65.7. The molecule has 402 valence electrons. The lowest BCUT2D eigenvalue weighted by molar-refractivity contribution is -0.314. The molecule has 0 spiro atoms. The largest absolute Gasteiger partial charge is 0.458 e. The standard InChI is InChI=1S/C59H94O12/c1-15-26-59-33-45(52(6,7)31-41(59)40-22-23-43-56(12)29-24-36(4)53(8,9)42(56)25-30-57(43,13)58(40,14)32-44(59)62)69-49(65)38(34-60)21-19-28-55(11,17-3)71-51-47(64)46(63)48(37(5)68-51)70-50(66)39(35-61)20-18-27-54(10,67)16-2/h16-17,20-22,36-37,41-48,51,60-64,67H,2-3,15,18-19,23-35H2,1,4-14H3/b38-21+,39-20+/t36?,37?,41?,42?,43?,44?,45?,46?,47?,48?,51?,54?,55-,56?,57?,58?,59?/m1/s1. The van der Waals surface area contributed by atoms with Crippen LogP contribution in [0.4, 0.5) is 0 Å². The molecule has 4 saturated carbocycles. The minimum absolute atomic E-state index is 0.0588. The van der Waals surface area contributed by atoms with Gasteiger partial charge in [0.15, 0.2) is 12.4 Å². The number of carbonyl (C=O) groups excluding carboxylic acids is 2. The van der Waals surface area contributed by atoms with E-state index in [1.54, 1.807) is 32.9 Å². The van der Waals surface area contributed by atoms with E-state index in [1.165, 1.54) is 43.4 Å². The monoisotopic (exact) mass is 995 g/mol. The molecule has 5 fully saturated rings. The number of rotatable bonds is 18. The van der Waals surface area contributed by atoms with Gasteiger partial charge in [-0.1, -0.05) is 105 Å². The lowest BCUT2D eigenvalue weighted by Gasteiger charge is -2.72. The summed E-state index contributed by atoms with van der Waals surface area (Å²) in [7, 11) is 0. The summed E-state index contributed by atoms with van der Waals surface area (Å²) in [6.07, 6.45) is 11.6. The normalized spacial score (nSPS) is 41.5. The SMILES string of the molecule is C=CC(C)(O)CC/C=C(\CO)C(=O)OC1C(C)OC(O[C@](C)(C=C)CC/C=C(\CO)C(=O)OC2CC3(CCC)C(O)CC4(C)C(=CCC5C6(C)CCC(C)C(C)(C)C6CCC54C)C3CC2(C)C)C(O)C1O. The molecule has 12 nitrogen and oxygen atoms in total. The van der Waals surface area contributed by atoms with E-state index in [1.807, 2.05) is 0 Å². The third kappa shape index (κ3) is 10.5. The Morgan fingerprint density at radius 1 is 0.831 bits per heavy atom. The molecule has 6 rings (SSSR count). The highest BCUT2D eigenvalue weighted by Gasteiger charge is 2.70. The Labute approximate surface area is 426 Å². The molecule has 1 aliphatic heterocycles. The van der Waals surface area contributed by atoms with Crippen molar-refractivity contribution < 1.29 is 59.2 Å². The highest BCUT2D eigenvalue weighted by Crippen LogP contribution is 2.76. The van der Waals surface area contributed by atoms with Crippen LogP contribution < -0.4 is 0 Å². The Bertz CT molecular complexity index is 2050. The van der Waals surface area contributed by atoms with Crippen LogP contribution in [-0.2, 0) is 28.5 Å². The van der Waals surface area contributed by atoms with E-state index in [9.17, 15) is 40.2 Å². The third-order valence-corrected chi connectivity index (χ3v) is 20.8. The molecule has 0 amide bonds. The molecule has 71 heavy (non-hydrogen) atoms. The van der Waals surface area contributed by atoms with Crippen molar-refractivity contribution in [3.05, 3.63) is 60.3 Å². The summed E-state index contributed by atoms with van der Waals surface area (Å²) in [5.74, 6) is 0.603. The van der Waals surface area contributed by atoms with E-state index in [4.69, 9.17) is 18.9 Å². The van der Waals surface area contributed by atoms with Gasteiger partial charge in [-0.05, 0) is 150 Å².